The van der Waals surface area contributed by atoms with Crippen molar-refractivity contribution in [2.75, 3.05) is 19.5 Å². The van der Waals surface area contributed by atoms with E-state index in [0.717, 1.165) is 35.5 Å². The molecule has 1 amide bonds. The molecule has 1 unspecified atom stereocenters. The smallest absolute Gasteiger partial charge is 0.222 e. The van der Waals surface area contributed by atoms with E-state index >= 15 is 0 Å². The number of halogens is 1. The van der Waals surface area contributed by atoms with Crippen LogP contribution in [0, 0.1) is 6.92 Å². The molecule has 0 saturated carbocycles. The summed E-state index contributed by atoms with van der Waals surface area (Å²) in [5.74, 6) is 1.74. The molecule has 2 aromatic rings. The van der Waals surface area contributed by atoms with Crippen molar-refractivity contribution >= 4 is 28.7 Å². The molecule has 1 atom stereocenters. The number of aromatic nitrogens is 4. The van der Waals surface area contributed by atoms with Gasteiger partial charge in [0.15, 0.2) is 5.65 Å². The number of carbonyl (C=O) groups excluding carboxylic acids is 1. The fourth-order valence-corrected chi connectivity index (χ4v) is 3.36. The average Bonchev–Trinajstić information content (AvgIpc) is 2.93. The Balaban J connectivity index is 2.10. The summed E-state index contributed by atoms with van der Waals surface area (Å²) in [6.45, 7) is 2.68. The van der Waals surface area contributed by atoms with Crippen LogP contribution in [-0.4, -0.2) is 49.6 Å². The maximum absolute atomic E-state index is 11.7. The Labute approximate surface area is 128 Å². The van der Waals surface area contributed by atoms with Crippen molar-refractivity contribution in [2.24, 2.45) is 7.05 Å². The number of piperidine rings is 1. The van der Waals surface area contributed by atoms with Crippen molar-refractivity contribution in [2.45, 2.75) is 32.2 Å². The second kappa shape index (κ2) is 5.33. The van der Waals surface area contributed by atoms with Crippen LogP contribution in [0.4, 0.5) is 0 Å². The monoisotopic (exact) mass is 309 g/mol. The van der Waals surface area contributed by atoms with E-state index in [4.69, 9.17) is 16.6 Å². The molecule has 1 aliphatic rings. The predicted molar refractivity (Wildman–Crippen MR) is 81.6 cm³/mol. The van der Waals surface area contributed by atoms with Crippen LogP contribution in [0.25, 0.3) is 11.2 Å². The van der Waals surface area contributed by atoms with Crippen molar-refractivity contribution in [3.05, 3.63) is 11.5 Å². The van der Waals surface area contributed by atoms with Gasteiger partial charge >= 0.3 is 0 Å². The Hall–Kier alpha value is -1.56. The van der Waals surface area contributed by atoms with Gasteiger partial charge in [0, 0.05) is 39.4 Å². The number of fused-ring (bicyclic) bond motifs is 1. The van der Waals surface area contributed by atoms with Gasteiger partial charge < -0.3 is 9.47 Å². The zero-order valence-corrected chi connectivity index (χ0v) is 13.4. The highest BCUT2D eigenvalue weighted by molar-refractivity contribution is 6.17. The van der Waals surface area contributed by atoms with Crippen LogP contribution in [0.5, 0.6) is 0 Å². The first-order valence-electron chi connectivity index (χ1n) is 7.23. The molecule has 6 nitrogen and oxygen atoms in total. The van der Waals surface area contributed by atoms with Gasteiger partial charge in [0.25, 0.3) is 0 Å². The van der Waals surface area contributed by atoms with Gasteiger partial charge in [-0.1, -0.05) is 0 Å². The minimum absolute atomic E-state index is 0.211. The first-order chi connectivity index (χ1) is 10.0. The topological polar surface area (TPSA) is 56.0 Å². The molecule has 0 radical (unpaired) electrons. The highest BCUT2D eigenvalue weighted by Crippen LogP contribution is 2.29. The van der Waals surface area contributed by atoms with Gasteiger partial charge in [-0.05, 0) is 13.3 Å². The van der Waals surface area contributed by atoms with Crippen molar-refractivity contribution in [1.29, 1.82) is 0 Å². The van der Waals surface area contributed by atoms with Crippen LogP contribution in [0.3, 0.4) is 0 Å². The molecular formula is C14H20ClN5O. The fraction of sp³-hybridized carbons (Fsp3) is 0.643. The number of rotatable bonds is 3. The molecule has 2 aromatic heterocycles. The molecule has 0 bridgehead atoms. The summed E-state index contributed by atoms with van der Waals surface area (Å²) in [6, 6.07) is 0.241. The van der Waals surface area contributed by atoms with Gasteiger partial charge in [-0.3, -0.25) is 9.48 Å². The van der Waals surface area contributed by atoms with Gasteiger partial charge in [-0.2, -0.15) is 5.10 Å². The number of likely N-dealkylation sites (tertiary alicyclic amines) is 1. The minimum Gasteiger partial charge on any atom is -0.344 e. The lowest BCUT2D eigenvalue weighted by atomic mass is 10.1. The Kier molecular flexibility index (Phi) is 3.65. The van der Waals surface area contributed by atoms with Crippen molar-refractivity contribution in [3.63, 3.8) is 0 Å². The number of carbonyl (C=O) groups is 1. The van der Waals surface area contributed by atoms with Crippen molar-refractivity contribution < 1.29 is 4.79 Å². The SMILES string of the molecule is Cc1nn(C)c2c1nc(CCCl)n2C1CCC(=O)N(C)C1. The molecule has 0 N–H and O–H groups in total. The molecule has 1 aliphatic heterocycles. The number of nitrogens with zero attached hydrogens (tertiary/aromatic N) is 5. The van der Waals surface area contributed by atoms with E-state index in [1.54, 1.807) is 4.90 Å². The number of imidazole rings is 1. The second-order valence-electron chi connectivity index (χ2n) is 5.69. The van der Waals surface area contributed by atoms with E-state index in [1.165, 1.54) is 0 Å². The lowest BCUT2D eigenvalue weighted by Gasteiger charge is -2.31. The van der Waals surface area contributed by atoms with Crippen LogP contribution < -0.4 is 0 Å². The predicted octanol–water partition coefficient (Wildman–Crippen LogP) is 1.65. The fourth-order valence-electron chi connectivity index (χ4n) is 3.19. The van der Waals surface area contributed by atoms with Crippen molar-refractivity contribution in [3.8, 4) is 0 Å². The van der Waals surface area contributed by atoms with E-state index in [0.29, 0.717) is 18.8 Å². The number of amides is 1. The summed E-state index contributed by atoms with van der Waals surface area (Å²) >= 11 is 5.93. The standard InChI is InChI=1S/C14H20ClN5O/c1-9-13-14(19(3)17-9)20(11(16-13)6-7-15)10-4-5-12(21)18(2)8-10/h10H,4-8H2,1-3H3. The molecule has 21 heavy (non-hydrogen) atoms. The van der Waals surface area contributed by atoms with Gasteiger partial charge in [0.1, 0.15) is 11.3 Å². The Bertz CT molecular complexity index is 689. The van der Waals surface area contributed by atoms with Crippen LogP contribution in [-0.2, 0) is 18.3 Å². The zero-order valence-electron chi connectivity index (χ0n) is 12.6. The summed E-state index contributed by atoms with van der Waals surface area (Å²) in [5, 5.41) is 4.46. The quantitative estimate of drug-likeness (QED) is 0.810. The van der Waals surface area contributed by atoms with Gasteiger partial charge in [-0.25, -0.2) is 4.98 Å². The summed E-state index contributed by atoms with van der Waals surface area (Å²) in [7, 11) is 3.80. The Morgan fingerprint density at radius 1 is 1.38 bits per heavy atom. The molecule has 3 rings (SSSR count). The van der Waals surface area contributed by atoms with Gasteiger partial charge in [0.05, 0.1) is 11.7 Å². The van der Waals surface area contributed by atoms with Crippen LogP contribution in [0.1, 0.15) is 30.4 Å². The maximum Gasteiger partial charge on any atom is 0.222 e. The van der Waals surface area contributed by atoms with Crippen LogP contribution in [0.2, 0.25) is 0 Å². The maximum atomic E-state index is 11.7. The molecule has 0 aliphatic carbocycles. The van der Waals surface area contributed by atoms with E-state index < -0.39 is 0 Å². The van der Waals surface area contributed by atoms with E-state index in [2.05, 4.69) is 9.67 Å². The second-order valence-corrected chi connectivity index (χ2v) is 6.06. The summed E-state index contributed by atoms with van der Waals surface area (Å²) < 4.78 is 4.12. The zero-order chi connectivity index (χ0) is 15.1. The third kappa shape index (κ3) is 2.31. The first-order valence-corrected chi connectivity index (χ1v) is 7.76. The van der Waals surface area contributed by atoms with Crippen molar-refractivity contribution in [1.82, 2.24) is 24.2 Å². The minimum atomic E-state index is 0.211. The Morgan fingerprint density at radius 2 is 2.14 bits per heavy atom. The largest absolute Gasteiger partial charge is 0.344 e. The normalized spacial score (nSPS) is 19.7. The van der Waals surface area contributed by atoms with Gasteiger partial charge in [-0.15, -0.1) is 11.6 Å². The third-order valence-electron chi connectivity index (χ3n) is 4.19. The average molecular weight is 310 g/mol. The number of alkyl halides is 1. The molecule has 3 heterocycles. The van der Waals surface area contributed by atoms with E-state index in [1.807, 2.05) is 25.7 Å². The number of aryl methyl sites for hydroxylation is 3. The Morgan fingerprint density at radius 3 is 2.81 bits per heavy atom. The summed E-state index contributed by atoms with van der Waals surface area (Å²) in [6.07, 6.45) is 2.15. The highest BCUT2D eigenvalue weighted by Gasteiger charge is 2.29. The van der Waals surface area contributed by atoms with Crippen LogP contribution >= 0.6 is 11.6 Å². The third-order valence-corrected chi connectivity index (χ3v) is 4.38. The molecule has 0 spiro atoms. The number of hydrogen-bond acceptors (Lipinski definition) is 3. The van der Waals surface area contributed by atoms with E-state index in [9.17, 15) is 4.79 Å². The van der Waals surface area contributed by atoms with Gasteiger partial charge in [0.2, 0.25) is 5.91 Å². The molecular weight excluding hydrogens is 290 g/mol. The first kappa shape index (κ1) is 14.4. The number of likely N-dealkylation sites (N-methyl/N-ethyl adjacent to an activating group) is 1. The molecule has 0 aromatic carbocycles. The van der Waals surface area contributed by atoms with E-state index in [-0.39, 0.29) is 11.9 Å². The molecule has 7 heteroatoms. The highest BCUT2D eigenvalue weighted by atomic mass is 35.5. The lowest BCUT2D eigenvalue weighted by molar-refractivity contribution is -0.132. The molecule has 114 valence electrons. The summed E-state index contributed by atoms with van der Waals surface area (Å²) in [5.41, 5.74) is 2.90. The van der Waals surface area contributed by atoms with Crippen LogP contribution in [0.15, 0.2) is 0 Å². The lowest BCUT2D eigenvalue weighted by Crippen LogP contribution is -2.38. The number of hydrogen-bond donors (Lipinski definition) is 0. The molecule has 1 fully saturated rings. The summed E-state index contributed by atoms with van der Waals surface area (Å²) in [4.78, 5) is 18.2. The molecule has 1 saturated heterocycles.